The molecule has 0 radical (unpaired) electrons. The van der Waals surface area contributed by atoms with Gasteiger partial charge in [-0.3, -0.25) is 42.9 Å². The summed E-state index contributed by atoms with van der Waals surface area (Å²) < 4.78 is 61.3. The Bertz CT molecular complexity index is 5670. The first-order valence-corrected chi connectivity index (χ1v) is 40.0. The van der Waals surface area contributed by atoms with Crippen LogP contribution in [0.4, 0.5) is 34.1 Å². The van der Waals surface area contributed by atoms with Crippen molar-refractivity contribution in [1.82, 2.24) is 9.55 Å². The summed E-state index contributed by atoms with van der Waals surface area (Å²) in [5.74, 6) is -1.73. The monoisotopic (exact) mass is 1560 g/mol. The maximum absolute atomic E-state index is 15.5. The first-order chi connectivity index (χ1) is 55.1. The molecule has 1 fully saturated rings. The quantitative estimate of drug-likeness (QED) is 0.0445. The lowest BCUT2D eigenvalue weighted by molar-refractivity contribution is -0.154. The van der Waals surface area contributed by atoms with Crippen LogP contribution in [0.2, 0.25) is 0 Å². The van der Waals surface area contributed by atoms with Crippen LogP contribution in [0.15, 0.2) is 97.1 Å². The summed E-state index contributed by atoms with van der Waals surface area (Å²) in [6, 6.07) is 29.0. The standard InChI is InChI=1S/C90H92N8O17/c1-14-43-47-24-49-44(15-2)51-26-53-46(17-4)54-27-52-45(16-3)50-25-48(43)64-37-66(50)111-75-32-59(95-83(103)22-9)60(96-84(104)23-10)33-76(75)113-68(52)39-70(54)115-78-35-62-61(97-85-88(11)40-89(12,86(105)98(62)85)42-90(13,41-88)87(106)107)34-77(78)114-69(53)38-67(51)112-74-31-58(94-82(102)21-8)57(93-81(101)20-7)30-73(74)110-65(49)36-63(47)108-71-28-55(91-79(99)18-5)56(29-72(71)109-64)92-80(100)19-6/h24-39,43-46H,14-23,40-42H2,1-13H3,(H,91,99)(H,92,100)(H,93,101)(H,94,102)(H,95,103)(H,96,104)(H,106,107)/t43?,44?,45?,46?,88?,89?,90-/m0/s1. The second-order valence-corrected chi connectivity index (χ2v) is 31.7. The number of ether oxygens (including phenoxy) is 8. The molecule has 1 aromatic heterocycles. The maximum atomic E-state index is 15.5. The van der Waals surface area contributed by atoms with E-state index in [0.29, 0.717) is 139 Å². The van der Waals surface area contributed by atoms with E-state index in [2.05, 4.69) is 83.9 Å². The molecule has 0 saturated heterocycles. The van der Waals surface area contributed by atoms with Gasteiger partial charge in [0.05, 0.1) is 50.6 Å². The summed E-state index contributed by atoms with van der Waals surface area (Å²) in [5, 5.41) is 28.8. The molecule has 6 amide bonds. The fourth-order valence-corrected chi connectivity index (χ4v) is 18.2. The van der Waals surface area contributed by atoms with E-state index in [1.165, 1.54) is 0 Å². The van der Waals surface area contributed by atoms with Gasteiger partial charge in [-0.05, 0) is 76.1 Å². The lowest BCUT2D eigenvalue weighted by Gasteiger charge is -2.53. The zero-order valence-corrected chi connectivity index (χ0v) is 66.6. The van der Waals surface area contributed by atoms with Crippen molar-refractivity contribution in [1.29, 1.82) is 0 Å². The largest absolute Gasteiger partial charge is 0.481 e. The number of benzene rings is 8. The van der Waals surface area contributed by atoms with E-state index in [0.717, 1.165) is 0 Å². The molecule has 8 aromatic carbocycles. The average Bonchev–Trinajstić information content (AvgIpc) is 1.60. The van der Waals surface area contributed by atoms with Crippen LogP contribution in [0.1, 0.15) is 252 Å². The van der Waals surface area contributed by atoms with Gasteiger partial charge < -0.3 is 74.9 Å². The van der Waals surface area contributed by atoms with E-state index >= 15 is 4.79 Å². The minimum atomic E-state index is -1.25. The molecule has 9 aromatic rings. The molecule has 7 atom stereocenters. The highest BCUT2D eigenvalue weighted by Gasteiger charge is 2.61. The van der Waals surface area contributed by atoms with Crippen molar-refractivity contribution in [2.24, 2.45) is 10.8 Å². The van der Waals surface area contributed by atoms with Crippen molar-refractivity contribution >= 4 is 92.5 Å². The van der Waals surface area contributed by atoms with Crippen molar-refractivity contribution in [3.63, 3.8) is 0 Å². The highest BCUT2D eigenvalue weighted by atomic mass is 16.5. The first-order valence-electron chi connectivity index (χ1n) is 40.0. The van der Waals surface area contributed by atoms with Crippen LogP contribution >= 0.6 is 0 Å². The summed E-state index contributed by atoms with van der Waals surface area (Å²) in [4.78, 5) is 116. The third-order valence-corrected chi connectivity index (χ3v) is 23.6. The van der Waals surface area contributed by atoms with Crippen LogP contribution in [0.25, 0.3) is 11.0 Å². The van der Waals surface area contributed by atoms with E-state index in [1.807, 2.05) is 38.1 Å². The number of carboxylic acid groups (broad SMARTS) is 1. The van der Waals surface area contributed by atoms with Crippen LogP contribution in [0, 0.1) is 10.8 Å². The lowest BCUT2D eigenvalue weighted by atomic mass is 9.52. The number of amides is 6. The van der Waals surface area contributed by atoms with Crippen molar-refractivity contribution in [3.8, 4) is 92.0 Å². The van der Waals surface area contributed by atoms with Gasteiger partial charge in [0.2, 0.25) is 41.4 Å². The molecule has 2 bridgehead atoms. The number of carboxylic acids is 1. The number of carbonyl (C=O) groups excluding carboxylic acids is 7. The number of imidazole rings is 1. The van der Waals surface area contributed by atoms with Gasteiger partial charge in [-0.1, -0.05) is 83.1 Å². The van der Waals surface area contributed by atoms with Gasteiger partial charge in [-0.2, -0.15) is 0 Å². The molecular formula is C90H92N8O17. The van der Waals surface area contributed by atoms with Crippen LogP contribution in [0.5, 0.6) is 92.0 Å². The maximum Gasteiger partial charge on any atom is 0.309 e. The normalized spacial score (nSPS) is 20.4. The Labute approximate surface area is 664 Å². The molecular weight excluding hydrogens is 1470 g/mol. The van der Waals surface area contributed by atoms with Crippen molar-refractivity contribution in [2.45, 2.75) is 203 Å². The number of aromatic nitrogens is 2. The lowest BCUT2D eigenvalue weighted by Crippen LogP contribution is -2.56. The third-order valence-electron chi connectivity index (χ3n) is 23.6. The molecule has 15 rings (SSSR count). The predicted octanol–water partition coefficient (Wildman–Crippen LogP) is 21.4. The van der Waals surface area contributed by atoms with Crippen molar-refractivity contribution in [3.05, 3.63) is 147 Å². The summed E-state index contributed by atoms with van der Waals surface area (Å²) in [7, 11) is 0. The highest BCUT2D eigenvalue weighted by molar-refractivity contribution is 6.04. The Kier molecular flexibility index (Phi) is 19.4. The van der Waals surface area contributed by atoms with E-state index in [1.54, 1.807) is 102 Å². The molecule has 594 valence electrons. The SMILES string of the molecule is CCC(=O)Nc1cc2c(cc1NC(=O)CC)Oc1cc3c4cc1C(CC)c1cc5c(cc1O2)Oc1cc(NC(=O)CC)c(NC(=O)CC)cc1Oc1cc2c(cc1C5CC)C(CC)c1cc(c(cc1Oc1cc5c(cc1O2)nc1n5C(=O)C2(C)CC1(C)C[C@](C)(C(=O)O)C2)Oc1cc(NC(=O)CC)c(NC(=O)CC)cc1O3)C4CC. The van der Waals surface area contributed by atoms with Crippen molar-refractivity contribution < 1.29 is 81.4 Å². The minimum Gasteiger partial charge on any atom is -0.481 e. The van der Waals surface area contributed by atoms with Gasteiger partial charge in [0.25, 0.3) is 0 Å². The highest BCUT2D eigenvalue weighted by Crippen LogP contribution is 2.63. The first kappa shape index (κ1) is 76.6. The summed E-state index contributed by atoms with van der Waals surface area (Å²) in [6.07, 6.45) is 2.97. The number of rotatable bonds is 17. The minimum absolute atomic E-state index is 0.0946. The Morgan fingerprint density at radius 2 is 0.574 bits per heavy atom. The molecule has 25 heteroatoms. The van der Waals surface area contributed by atoms with Crippen LogP contribution in [0.3, 0.4) is 0 Å². The number of nitrogens with one attached hydrogen (secondary N) is 6. The fraction of sp³-hybridized carbons (Fsp3) is 0.367. The van der Waals surface area contributed by atoms with Crippen molar-refractivity contribution in [2.75, 3.05) is 31.9 Å². The number of anilines is 6. The third kappa shape index (κ3) is 13.3. The van der Waals surface area contributed by atoms with Gasteiger partial charge in [-0.15, -0.1) is 0 Å². The Balaban J connectivity index is 1.05. The van der Waals surface area contributed by atoms with E-state index in [-0.39, 0.29) is 173 Å². The summed E-state index contributed by atoms with van der Waals surface area (Å²) in [5.41, 5.74) is 4.41. The van der Waals surface area contributed by atoms with Crippen LogP contribution in [-0.2, 0) is 39.0 Å². The molecule has 115 heavy (non-hydrogen) atoms. The molecule has 1 saturated carbocycles. The number of carbonyl (C=O) groups is 8. The Morgan fingerprint density at radius 1 is 0.339 bits per heavy atom. The molecule has 6 aliphatic rings. The Hall–Kier alpha value is -12.4. The van der Waals surface area contributed by atoms with E-state index in [4.69, 9.17) is 42.9 Å². The zero-order valence-electron chi connectivity index (χ0n) is 66.6. The van der Waals surface area contributed by atoms with Gasteiger partial charge in [0, 0.05) is 190 Å². The van der Waals surface area contributed by atoms with Gasteiger partial charge in [-0.25, -0.2) is 4.98 Å². The van der Waals surface area contributed by atoms with E-state index < -0.39 is 45.9 Å². The molecule has 5 aliphatic heterocycles. The number of nitrogens with zero attached hydrogens (tertiary/aromatic N) is 2. The molecule has 7 N–H and O–H groups in total. The average molecular weight is 1560 g/mol. The topological polar surface area (TPSA) is 321 Å². The Morgan fingerprint density at radius 3 is 0.809 bits per heavy atom. The second-order valence-electron chi connectivity index (χ2n) is 31.7. The summed E-state index contributed by atoms with van der Waals surface area (Å²) in [6.45, 7) is 24.1. The van der Waals surface area contributed by atoms with Gasteiger partial charge in [0.15, 0.2) is 46.0 Å². The smallest absolute Gasteiger partial charge is 0.309 e. The number of fused-ring (bicyclic) bond motifs is 18. The predicted molar refractivity (Wildman–Crippen MR) is 433 cm³/mol. The van der Waals surface area contributed by atoms with Gasteiger partial charge >= 0.3 is 5.97 Å². The summed E-state index contributed by atoms with van der Waals surface area (Å²) >= 11 is 0. The van der Waals surface area contributed by atoms with E-state index in [9.17, 15) is 38.7 Å². The fourth-order valence-electron chi connectivity index (χ4n) is 18.2. The molecule has 1 aliphatic carbocycles. The van der Waals surface area contributed by atoms with Crippen LogP contribution < -0.4 is 69.8 Å². The number of hydrogen-bond donors (Lipinski definition) is 7. The molecule has 0 spiro atoms. The second kappa shape index (κ2) is 29.2. The molecule has 6 unspecified atom stereocenters. The zero-order chi connectivity index (χ0) is 81.2. The number of aliphatic carboxylic acids is 1. The molecule has 25 nitrogen and oxygen atoms in total. The van der Waals surface area contributed by atoms with Gasteiger partial charge in [0.1, 0.15) is 51.8 Å². The van der Waals surface area contributed by atoms with Crippen LogP contribution in [-0.4, -0.2) is 62.0 Å². The molecule has 6 heterocycles. The number of hydrogen-bond acceptors (Lipinski definition) is 17.